The summed E-state index contributed by atoms with van der Waals surface area (Å²) in [5, 5.41) is 6.77. The third-order valence-electron chi connectivity index (χ3n) is 3.45. The minimum Gasteiger partial charge on any atom is -0.495 e. The fourth-order valence-electron chi connectivity index (χ4n) is 2.21. The number of aromatic nitrogens is 2. The van der Waals surface area contributed by atoms with E-state index in [0.717, 1.165) is 0 Å². The molecular weight excluding hydrogens is 375 g/mol. The zero-order valence-electron chi connectivity index (χ0n) is 13.7. The first-order valence-corrected chi connectivity index (χ1v) is 8.31. The fraction of sp³-hybridized carbons (Fsp3) is 0.0556. The molecule has 132 valence electrons. The van der Waals surface area contributed by atoms with E-state index in [9.17, 15) is 4.79 Å². The number of anilines is 3. The van der Waals surface area contributed by atoms with Crippen molar-refractivity contribution >= 4 is 46.3 Å². The molecule has 8 heteroatoms. The smallest absolute Gasteiger partial charge is 0.274 e. The number of hydrogen-bond acceptors (Lipinski definition) is 5. The van der Waals surface area contributed by atoms with Crippen molar-refractivity contribution in [1.29, 1.82) is 0 Å². The zero-order valence-corrected chi connectivity index (χ0v) is 15.2. The highest BCUT2D eigenvalue weighted by molar-refractivity contribution is 6.36. The summed E-state index contributed by atoms with van der Waals surface area (Å²) in [4.78, 5) is 20.6. The van der Waals surface area contributed by atoms with Crippen LogP contribution in [0, 0.1) is 0 Å². The molecule has 6 nitrogen and oxygen atoms in total. The number of para-hydroxylation sites is 2. The fourth-order valence-corrected chi connectivity index (χ4v) is 2.67. The minimum absolute atomic E-state index is 0.193. The van der Waals surface area contributed by atoms with Gasteiger partial charge in [0.25, 0.3) is 5.91 Å². The summed E-state index contributed by atoms with van der Waals surface area (Å²) in [6, 6.07) is 13.7. The Morgan fingerprint density at radius 3 is 2.62 bits per heavy atom. The van der Waals surface area contributed by atoms with Gasteiger partial charge in [-0.3, -0.25) is 4.79 Å². The standard InChI is InChI=1S/C18H14Cl2N4O2/c1-26-16-5-3-2-4-14(16)24-18(25)15-9-17(22-10-21-15)23-13-7-6-11(19)8-12(13)20/h2-10H,1H3,(H,24,25)(H,21,22,23). The minimum atomic E-state index is -0.387. The number of nitrogens with one attached hydrogen (secondary N) is 2. The van der Waals surface area contributed by atoms with Gasteiger partial charge in [-0.2, -0.15) is 0 Å². The topological polar surface area (TPSA) is 76.1 Å². The molecule has 0 aliphatic heterocycles. The molecule has 0 atom stereocenters. The molecule has 0 saturated carbocycles. The van der Waals surface area contributed by atoms with Gasteiger partial charge in [-0.25, -0.2) is 9.97 Å². The van der Waals surface area contributed by atoms with Gasteiger partial charge >= 0.3 is 0 Å². The molecule has 0 radical (unpaired) electrons. The van der Waals surface area contributed by atoms with Gasteiger partial charge in [-0.05, 0) is 30.3 Å². The molecule has 0 unspecified atom stereocenters. The highest BCUT2D eigenvalue weighted by atomic mass is 35.5. The number of carbonyl (C=O) groups is 1. The number of rotatable bonds is 5. The molecule has 0 aliphatic rings. The van der Waals surface area contributed by atoms with Gasteiger partial charge in [0, 0.05) is 11.1 Å². The van der Waals surface area contributed by atoms with Crippen molar-refractivity contribution in [2.75, 3.05) is 17.7 Å². The number of ether oxygens (including phenoxy) is 1. The van der Waals surface area contributed by atoms with Crippen molar-refractivity contribution < 1.29 is 9.53 Å². The maximum absolute atomic E-state index is 12.5. The molecule has 0 aliphatic carbocycles. The second kappa shape index (κ2) is 8.03. The zero-order chi connectivity index (χ0) is 18.5. The lowest BCUT2D eigenvalue weighted by Gasteiger charge is -2.11. The lowest BCUT2D eigenvalue weighted by atomic mass is 10.2. The van der Waals surface area contributed by atoms with Crippen molar-refractivity contribution in [3.8, 4) is 5.75 Å². The molecular formula is C18H14Cl2N4O2. The van der Waals surface area contributed by atoms with Crippen LogP contribution in [0.15, 0.2) is 54.9 Å². The van der Waals surface area contributed by atoms with E-state index in [1.807, 2.05) is 6.07 Å². The Bertz CT molecular complexity index is 950. The molecule has 0 spiro atoms. The average Bonchev–Trinajstić information content (AvgIpc) is 2.65. The summed E-state index contributed by atoms with van der Waals surface area (Å²) in [7, 11) is 1.54. The number of amides is 1. The summed E-state index contributed by atoms with van der Waals surface area (Å²) >= 11 is 12.0. The molecule has 1 heterocycles. The van der Waals surface area contributed by atoms with Gasteiger partial charge in [0.15, 0.2) is 0 Å². The second-order valence-corrected chi connectivity index (χ2v) is 6.04. The van der Waals surface area contributed by atoms with Crippen LogP contribution in [0.3, 0.4) is 0 Å². The molecule has 2 aromatic carbocycles. The van der Waals surface area contributed by atoms with Crippen molar-refractivity contribution in [1.82, 2.24) is 9.97 Å². The van der Waals surface area contributed by atoms with Crippen LogP contribution < -0.4 is 15.4 Å². The Morgan fingerprint density at radius 2 is 1.85 bits per heavy atom. The first-order chi connectivity index (χ1) is 12.6. The Labute approximate surface area is 160 Å². The lowest BCUT2D eigenvalue weighted by Crippen LogP contribution is -2.15. The van der Waals surface area contributed by atoms with E-state index in [-0.39, 0.29) is 11.6 Å². The van der Waals surface area contributed by atoms with Gasteiger partial charge in [-0.15, -0.1) is 0 Å². The van der Waals surface area contributed by atoms with Crippen molar-refractivity contribution in [2.24, 2.45) is 0 Å². The Morgan fingerprint density at radius 1 is 1.04 bits per heavy atom. The summed E-state index contributed by atoms with van der Waals surface area (Å²) in [6.07, 6.45) is 1.29. The van der Waals surface area contributed by atoms with E-state index in [1.165, 1.54) is 19.5 Å². The highest BCUT2D eigenvalue weighted by Crippen LogP contribution is 2.28. The van der Waals surface area contributed by atoms with Crippen LogP contribution in [-0.4, -0.2) is 23.0 Å². The van der Waals surface area contributed by atoms with E-state index in [0.29, 0.717) is 33.0 Å². The van der Waals surface area contributed by atoms with E-state index in [4.69, 9.17) is 27.9 Å². The average molecular weight is 389 g/mol. The van der Waals surface area contributed by atoms with E-state index < -0.39 is 0 Å². The van der Waals surface area contributed by atoms with E-state index >= 15 is 0 Å². The van der Waals surface area contributed by atoms with Crippen LogP contribution in [0.1, 0.15) is 10.5 Å². The largest absolute Gasteiger partial charge is 0.495 e. The molecule has 1 amide bonds. The molecule has 0 fully saturated rings. The van der Waals surface area contributed by atoms with E-state index in [2.05, 4.69) is 20.6 Å². The third-order valence-corrected chi connectivity index (χ3v) is 4.00. The summed E-state index contributed by atoms with van der Waals surface area (Å²) in [6.45, 7) is 0. The predicted octanol–water partition coefficient (Wildman–Crippen LogP) is 4.79. The number of carbonyl (C=O) groups excluding carboxylic acids is 1. The molecule has 2 N–H and O–H groups in total. The summed E-state index contributed by atoms with van der Waals surface area (Å²) in [5.41, 5.74) is 1.36. The molecule has 3 aromatic rings. The van der Waals surface area contributed by atoms with Crippen molar-refractivity contribution in [3.63, 3.8) is 0 Å². The van der Waals surface area contributed by atoms with Gasteiger partial charge in [0.1, 0.15) is 23.6 Å². The number of nitrogens with zero attached hydrogens (tertiary/aromatic N) is 2. The number of hydrogen-bond donors (Lipinski definition) is 2. The first kappa shape index (κ1) is 18.0. The van der Waals surface area contributed by atoms with Gasteiger partial charge < -0.3 is 15.4 Å². The van der Waals surface area contributed by atoms with Crippen LogP contribution in [0.25, 0.3) is 0 Å². The third kappa shape index (κ3) is 4.22. The molecule has 1 aromatic heterocycles. The molecule has 3 rings (SSSR count). The van der Waals surface area contributed by atoms with E-state index in [1.54, 1.807) is 36.4 Å². The number of halogens is 2. The quantitative estimate of drug-likeness (QED) is 0.656. The van der Waals surface area contributed by atoms with Crippen LogP contribution in [0.2, 0.25) is 10.0 Å². The number of methoxy groups -OCH3 is 1. The summed E-state index contributed by atoms with van der Waals surface area (Å²) in [5.74, 6) is 0.595. The maximum atomic E-state index is 12.5. The normalized spacial score (nSPS) is 10.3. The second-order valence-electron chi connectivity index (χ2n) is 5.19. The van der Waals surface area contributed by atoms with Gasteiger partial charge in [-0.1, -0.05) is 35.3 Å². The Kier molecular flexibility index (Phi) is 5.55. The Balaban J connectivity index is 1.79. The number of benzene rings is 2. The van der Waals surface area contributed by atoms with Crippen LogP contribution in [0.5, 0.6) is 5.75 Å². The van der Waals surface area contributed by atoms with Crippen LogP contribution in [0.4, 0.5) is 17.2 Å². The first-order valence-electron chi connectivity index (χ1n) is 7.55. The molecule has 26 heavy (non-hydrogen) atoms. The molecule has 0 saturated heterocycles. The molecule has 0 bridgehead atoms. The van der Waals surface area contributed by atoms with Crippen molar-refractivity contribution in [2.45, 2.75) is 0 Å². The van der Waals surface area contributed by atoms with Crippen LogP contribution >= 0.6 is 23.2 Å². The predicted molar refractivity (Wildman–Crippen MR) is 103 cm³/mol. The van der Waals surface area contributed by atoms with Gasteiger partial charge in [0.05, 0.1) is 23.5 Å². The van der Waals surface area contributed by atoms with Gasteiger partial charge in [0.2, 0.25) is 0 Å². The summed E-state index contributed by atoms with van der Waals surface area (Å²) < 4.78 is 5.22. The SMILES string of the molecule is COc1ccccc1NC(=O)c1cc(Nc2ccc(Cl)cc2Cl)ncn1. The van der Waals surface area contributed by atoms with Crippen LogP contribution in [-0.2, 0) is 0 Å². The lowest BCUT2D eigenvalue weighted by molar-refractivity contribution is 0.102. The monoisotopic (exact) mass is 388 g/mol. The maximum Gasteiger partial charge on any atom is 0.274 e. The Hall–Kier alpha value is -2.83. The van der Waals surface area contributed by atoms with Crippen molar-refractivity contribution in [3.05, 3.63) is 70.6 Å². The highest BCUT2D eigenvalue weighted by Gasteiger charge is 2.12.